The molecule has 0 spiro atoms. The van der Waals surface area contributed by atoms with Crippen LogP contribution >= 0.6 is 0 Å². The van der Waals surface area contributed by atoms with Gasteiger partial charge in [-0.3, -0.25) is 19.3 Å². The number of carbonyl (C=O) groups is 4. The van der Waals surface area contributed by atoms with Crippen molar-refractivity contribution in [2.24, 2.45) is 11.8 Å². The molecular formula is C41H58N6O7. The highest BCUT2D eigenvalue weighted by atomic mass is 16.6. The average molecular weight is 747 g/mol. The minimum absolute atomic E-state index is 0.0760. The number of nitrogens with one attached hydrogen (secondary N) is 4. The number of rotatable bonds is 17. The Bertz CT molecular complexity index is 1620. The fourth-order valence-electron chi connectivity index (χ4n) is 6.99. The van der Waals surface area contributed by atoms with Crippen LogP contribution in [0, 0.1) is 11.8 Å². The van der Waals surface area contributed by atoms with Gasteiger partial charge in [0, 0.05) is 37.0 Å². The maximum Gasteiger partial charge on any atom is 0.415 e. The van der Waals surface area contributed by atoms with Crippen LogP contribution in [0.5, 0.6) is 5.75 Å². The van der Waals surface area contributed by atoms with Gasteiger partial charge in [-0.15, -0.1) is 0 Å². The molecule has 2 unspecified atom stereocenters. The van der Waals surface area contributed by atoms with Crippen LogP contribution in [0.25, 0.3) is 0 Å². The van der Waals surface area contributed by atoms with E-state index in [-0.39, 0.29) is 24.7 Å². The summed E-state index contributed by atoms with van der Waals surface area (Å²) in [4.78, 5) is 63.3. The van der Waals surface area contributed by atoms with E-state index in [0.717, 1.165) is 37.7 Å². The van der Waals surface area contributed by atoms with Crippen molar-refractivity contribution in [2.75, 3.05) is 19.1 Å². The third kappa shape index (κ3) is 12.6. The molecule has 1 heterocycles. The normalized spacial score (nSPS) is 16.2. The number of carbonyl (C=O) groups excluding carboxylic acids is 4. The van der Waals surface area contributed by atoms with Gasteiger partial charge >= 0.3 is 6.09 Å². The first-order valence-corrected chi connectivity index (χ1v) is 19.0. The molecule has 5 N–H and O–H groups in total. The molecular weight excluding hydrogens is 688 g/mol. The number of aliphatic hydroxyl groups excluding tert-OH is 1. The first-order valence-electron chi connectivity index (χ1n) is 19.0. The van der Waals surface area contributed by atoms with Crippen molar-refractivity contribution in [3.05, 3.63) is 78.4 Å². The number of methoxy groups -OCH3 is 1. The molecule has 0 aliphatic heterocycles. The van der Waals surface area contributed by atoms with Crippen LogP contribution in [-0.4, -0.2) is 82.9 Å². The molecule has 4 rings (SSSR count). The Labute approximate surface area is 319 Å². The first-order chi connectivity index (χ1) is 25.8. The summed E-state index contributed by atoms with van der Waals surface area (Å²) in [5.41, 5.74) is 1.17. The number of ether oxygens (including phenoxy) is 2. The van der Waals surface area contributed by atoms with Gasteiger partial charge in [-0.25, -0.2) is 9.78 Å². The summed E-state index contributed by atoms with van der Waals surface area (Å²) in [7, 11) is 3.16. The Kier molecular flexibility index (Phi) is 15.5. The van der Waals surface area contributed by atoms with E-state index in [9.17, 15) is 24.3 Å². The van der Waals surface area contributed by atoms with Crippen LogP contribution in [0.15, 0.2) is 67.1 Å². The highest BCUT2D eigenvalue weighted by molar-refractivity contribution is 5.99. The molecule has 1 aliphatic rings. The zero-order valence-corrected chi connectivity index (χ0v) is 32.5. The Morgan fingerprint density at radius 2 is 1.63 bits per heavy atom. The van der Waals surface area contributed by atoms with E-state index in [2.05, 4.69) is 25.9 Å². The summed E-state index contributed by atoms with van der Waals surface area (Å²) < 4.78 is 11.0. The van der Waals surface area contributed by atoms with Gasteiger partial charge in [-0.1, -0.05) is 62.4 Å². The lowest BCUT2D eigenvalue weighted by Gasteiger charge is -2.33. The highest BCUT2D eigenvalue weighted by Gasteiger charge is 2.36. The minimum Gasteiger partial charge on any atom is -0.497 e. The molecule has 0 saturated heterocycles. The number of H-pyrrole nitrogens is 1. The fourth-order valence-corrected chi connectivity index (χ4v) is 6.99. The smallest absolute Gasteiger partial charge is 0.415 e. The topological polar surface area (TPSA) is 175 Å². The second kappa shape index (κ2) is 20.0. The van der Waals surface area contributed by atoms with Gasteiger partial charge < -0.3 is 35.5 Å². The minimum atomic E-state index is -1.09. The summed E-state index contributed by atoms with van der Waals surface area (Å²) >= 11 is 0. The van der Waals surface area contributed by atoms with E-state index >= 15 is 0 Å². The summed E-state index contributed by atoms with van der Waals surface area (Å²) in [6.07, 6.45) is 7.67. The van der Waals surface area contributed by atoms with Gasteiger partial charge in [-0.2, -0.15) is 0 Å². The van der Waals surface area contributed by atoms with Crippen molar-refractivity contribution in [1.29, 1.82) is 0 Å². The molecule has 54 heavy (non-hydrogen) atoms. The van der Waals surface area contributed by atoms with Crippen molar-refractivity contribution in [3.63, 3.8) is 0 Å². The number of aromatic amines is 1. The van der Waals surface area contributed by atoms with E-state index in [4.69, 9.17) is 9.47 Å². The monoisotopic (exact) mass is 746 g/mol. The molecule has 4 amide bonds. The Balaban J connectivity index is 1.58. The SMILES string of the molecule is CNC(=O)[C@H](Cc1ccc(OC)cc1)C[C@H](O)[C@H](CC1CCCCC1)NC(=O)C(Cc1cnc[nH]1)NC(=O)C(C)N(C(=O)OC(C)(C)C)c1ccccc1. The lowest BCUT2D eigenvalue weighted by Crippen LogP contribution is -2.57. The predicted molar refractivity (Wildman–Crippen MR) is 207 cm³/mol. The number of imidazole rings is 1. The van der Waals surface area contributed by atoms with Crippen molar-refractivity contribution >= 4 is 29.5 Å². The van der Waals surface area contributed by atoms with Crippen LogP contribution < -0.4 is 25.6 Å². The van der Waals surface area contributed by atoms with Gasteiger partial charge in [0.25, 0.3) is 0 Å². The molecule has 1 aliphatic carbocycles. The summed E-state index contributed by atoms with van der Waals surface area (Å²) in [5, 5.41) is 20.5. The molecule has 0 radical (unpaired) electrons. The van der Waals surface area contributed by atoms with E-state index < -0.39 is 53.7 Å². The number of para-hydroxylation sites is 1. The second-order valence-electron chi connectivity index (χ2n) is 15.2. The Morgan fingerprint density at radius 1 is 0.944 bits per heavy atom. The molecule has 0 bridgehead atoms. The first kappa shape index (κ1) is 41.8. The van der Waals surface area contributed by atoms with Gasteiger partial charge in [0.15, 0.2) is 0 Å². The van der Waals surface area contributed by atoms with Crippen LogP contribution in [0.2, 0.25) is 0 Å². The number of hydrogen-bond acceptors (Lipinski definition) is 8. The molecule has 13 heteroatoms. The molecule has 1 saturated carbocycles. The predicted octanol–water partition coefficient (Wildman–Crippen LogP) is 5.09. The Hall–Kier alpha value is -4.91. The van der Waals surface area contributed by atoms with E-state index in [1.54, 1.807) is 78.4 Å². The van der Waals surface area contributed by atoms with E-state index in [0.29, 0.717) is 30.0 Å². The Morgan fingerprint density at radius 3 is 2.22 bits per heavy atom. The van der Waals surface area contributed by atoms with Gasteiger partial charge in [0.1, 0.15) is 23.4 Å². The van der Waals surface area contributed by atoms with E-state index in [1.807, 2.05) is 24.3 Å². The summed E-state index contributed by atoms with van der Waals surface area (Å²) in [5.74, 6) is -0.864. The lowest BCUT2D eigenvalue weighted by molar-refractivity contribution is -0.130. The molecule has 2 aromatic carbocycles. The largest absolute Gasteiger partial charge is 0.497 e. The molecule has 3 aromatic rings. The van der Waals surface area contributed by atoms with Gasteiger partial charge in [0.05, 0.1) is 25.6 Å². The third-order valence-electron chi connectivity index (χ3n) is 9.89. The van der Waals surface area contributed by atoms with Gasteiger partial charge in [0.2, 0.25) is 17.7 Å². The van der Waals surface area contributed by atoms with E-state index in [1.165, 1.54) is 11.2 Å². The summed E-state index contributed by atoms with van der Waals surface area (Å²) in [6, 6.07) is 13.4. The van der Waals surface area contributed by atoms with Crippen molar-refractivity contribution < 1.29 is 33.8 Å². The van der Waals surface area contributed by atoms with Crippen LogP contribution in [0.3, 0.4) is 0 Å². The van der Waals surface area contributed by atoms with Crippen molar-refractivity contribution in [1.82, 2.24) is 25.9 Å². The van der Waals surface area contributed by atoms with Crippen LogP contribution in [0.1, 0.15) is 83.9 Å². The quantitative estimate of drug-likeness (QED) is 0.127. The molecule has 294 valence electrons. The molecule has 1 fully saturated rings. The van der Waals surface area contributed by atoms with Crippen LogP contribution in [0.4, 0.5) is 10.5 Å². The third-order valence-corrected chi connectivity index (χ3v) is 9.89. The average Bonchev–Trinajstić information content (AvgIpc) is 3.67. The standard InChI is InChI=1S/C41H58N6O7/c1-27(47(32-15-11-8-12-16-32)40(52)54-41(2,3)4)37(49)46-35(24-31-25-43-26-44-31)39(51)45-34(22-28-13-9-7-10-14-28)36(48)23-30(38(50)42-5)21-29-17-19-33(53-6)20-18-29/h8,11-12,15-20,25-28,30,34-36,48H,7,9-10,13-14,21-24H2,1-6H3,(H,42,50)(H,43,44)(H,45,51)(H,46,49)/t27?,30-,34+,35?,36+/m1/s1. The number of aromatic nitrogens is 2. The zero-order valence-electron chi connectivity index (χ0n) is 32.5. The summed E-state index contributed by atoms with van der Waals surface area (Å²) in [6.45, 7) is 6.82. The number of benzene rings is 2. The molecule has 1 aromatic heterocycles. The number of aliphatic hydroxyl groups is 1. The lowest BCUT2D eigenvalue weighted by atomic mass is 9.81. The molecule has 5 atom stereocenters. The number of nitrogens with zero attached hydrogens (tertiary/aromatic N) is 2. The highest BCUT2D eigenvalue weighted by Crippen LogP contribution is 2.30. The zero-order chi connectivity index (χ0) is 39.3. The molecule has 13 nitrogen and oxygen atoms in total. The number of hydrogen-bond donors (Lipinski definition) is 5. The van der Waals surface area contributed by atoms with Crippen LogP contribution in [-0.2, 0) is 32.0 Å². The van der Waals surface area contributed by atoms with Crippen molar-refractivity contribution in [2.45, 2.75) is 115 Å². The number of amides is 4. The maximum atomic E-state index is 14.3. The maximum absolute atomic E-state index is 14.3. The van der Waals surface area contributed by atoms with Gasteiger partial charge in [-0.05, 0) is 82.7 Å². The van der Waals surface area contributed by atoms with Crippen molar-refractivity contribution in [3.8, 4) is 5.75 Å². The fraction of sp³-hybridized carbons (Fsp3) is 0.537. The number of anilines is 1. The second-order valence-corrected chi connectivity index (χ2v) is 15.2.